The number of esters is 1. The van der Waals surface area contributed by atoms with Gasteiger partial charge in [0, 0.05) is 10.9 Å². The van der Waals surface area contributed by atoms with E-state index in [4.69, 9.17) is 9.47 Å². The standard InChI is InChI=1S/C19H25NO4S/c1-6-24-18(21)16(20-25(22)19(2,3)4)15-12-11-13-9-7-8-10-14(13)17(15)23-5/h7-12,16,20H,6H2,1-5H3/t16-,25-/m1/s1. The van der Waals surface area contributed by atoms with Crippen LogP contribution in [0.5, 0.6) is 5.75 Å². The van der Waals surface area contributed by atoms with E-state index in [9.17, 15) is 9.00 Å². The number of carbonyl (C=O) groups is 1. The van der Waals surface area contributed by atoms with Crippen molar-refractivity contribution in [3.05, 3.63) is 42.0 Å². The summed E-state index contributed by atoms with van der Waals surface area (Å²) in [6.07, 6.45) is 0. The number of ether oxygens (including phenoxy) is 2. The lowest BCUT2D eigenvalue weighted by molar-refractivity contribution is -0.145. The van der Waals surface area contributed by atoms with E-state index in [1.807, 2.05) is 57.2 Å². The Bertz CT molecular complexity index is 783. The molecule has 0 aliphatic rings. The van der Waals surface area contributed by atoms with Crippen LogP contribution in [-0.2, 0) is 20.5 Å². The van der Waals surface area contributed by atoms with Gasteiger partial charge in [0.15, 0.2) is 0 Å². The van der Waals surface area contributed by atoms with Crippen LogP contribution in [-0.4, -0.2) is 28.6 Å². The van der Waals surface area contributed by atoms with Gasteiger partial charge in [-0.1, -0.05) is 36.4 Å². The van der Waals surface area contributed by atoms with Gasteiger partial charge in [-0.25, -0.2) is 13.7 Å². The van der Waals surface area contributed by atoms with Gasteiger partial charge < -0.3 is 9.47 Å². The van der Waals surface area contributed by atoms with E-state index in [-0.39, 0.29) is 6.61 Å². The van der Waals surface area contributed by atoms with E-state index in [0.717, 1.165) is 10.8 Å². The van der Waals surface area contributed by atoms with E-state index in [0.29, 0.717) is 11.3 Å². The molecule has 1 N–H and O–H groups in total. The fraction of sp³-hybridized carbons (Fsp3) is 0.421. The number of carbonyl (C=O) groups excluding carboxylic acids is 1. The molecule has 0 heterocycles. The SMILES string of the molecule is CCOC(=O)[C@H](N[S@](=O)C(C)(C)C)c1ccc2ccccc2c1OC. The summed E-state index contributed by atoms with van der Waals surface area (Å²) in [6.45, 7) is 7.52. The van der Waals surface area contributed by atoms with Crippen LogP contribution in [0.3, 0.4) is 0 Å². The van der Waals surface area contributed by atoms with Gasteiger partial charge in [-0.05, 0) is 33.1 Å². The molecule has 0 amide bonds. The zero-order valence-corrected chi connectivity index (χ0v) is 16.1. The van der Waals surface area contributed by atoms with E-state index < -0.39 is 27.7 Å². The Labute approximate surface area is 151 Å². The molecule has 136 valence electrons. The lowest BCUT2D eigenvalue weighted by atomic mass is 10.0. The van der Waals surface area contributed by atoms with Gasteiger partial charge >= 0.3 is 5.97 Å². The topological polar surface area (TPSA) is 64.6 Å². The average molecular weight is 363 g/mol. The van der Waals surface area contributed by atoms with Crippen molar-refractivity contribution in [3.63, 3.8) is 0 Å². The molecule has 0 spiro atoms. The van der Waals surface area contributed by atoms with Crippen molar-refractivity contribution >= 4 is 27.7 Å². The molecule has 0 aliphatic heterocycles. The number of fused-ring (bicyclic) bond motifs is 1. The second-order valence-electron chi connectivity index (χ2n) is 6.59. The third kappa shape index (κ3) is 4.38. The van der Waals surface area contributed by atoms with Crippen LogP contribution in [0.1, 0.15) is 39.3 Å². The molecule has 6 heteroatoms. The maximum atomic E-state index is 12.6. The van der Waals surface area contributed by atoms with Gasteiger partial charge in [0.2, 0.25) is 0 Å². The molecule has 0 aliphatic carbocycles. The Kier molecular flexibility index (Phi) is 6.19. The highest BCUT2D eigenvalue weighted by Gasteiger charge is 2.31. The molecular formula is C19H25NO4S. The van der Waals surface area contributed by atoms with Gasteiger partial charge in [-0.3, -0.25) is 0 Å². The first-order chi connectivity index (χ1) is 11.8. The third-order valence-electron chi connectivity index (χ3n) is 3.73. The van der Waals surface area contributed by atoms with Crippen LogP contribution < -0.4 is 9.46 Å². The van der Waals surface area contributed by atoms with Crippen LogP contribution in [0.25, 0.3) is 10.8 Å². The molecule has 0 saturated heterocycles. The second kappa shape index (κ2) is 7.97. The van der Waals surface area contributed by atoms with Gasteiger partial charge in [-0.2, -0.15) is 0 Å². The largest absolute Gasteiger partial charge is 0.496 e. The van der Waals surface area contributed by atoms with Crippen molar-refractivity contribution in [1.29, 1.82) is 0 Å². The van der Waals surface area contributed by atoms with Crippen molar-refractivity contribution in [2.24, 2.45) is 0 Å². The average Bonchev–Trinajstić information content (AvgIpc) is 2.57. The van der Waals surface area contributed by atoms with Crippen LogP contribution in [0, 0.1) is 0 Å². The summed E-state index contributed by atoms with van der Waals surface area (Å²) in [5.41, 5.74) is 0.609. The smallest absolute Gasteiger partial charge is 0.328 e. The maximum Gasteiger partial charge on any atom is 0.328 e. The third-order valence-corrected chi connectivity index (χ3v) is 5.29. The number of hydrogen-bond donors (Lipinski definition) is 1. The van der Waals surface area contributed by atoms with Crippen LogP contribution >= 0.6 is 0 Å². The molecule has 5 nitrogen and oxygen atoms in total. The monoisotopic (exact) mass is 363 g/mol. The van der Waals surface area contributed by atoms with Gasteiger partial charge in [-0.15, -0.1) is 0 Å². The van der Waals surface area contributed by atoms with Crippen molar-refractivity contribution in [3.8, 4) is 5.75 Å². The lowest BCUT2D eigenvalue weighted by Gasteiger charge is -2.25. The summed E-state index contributed by atoms with van der Waals surface area (Å²) >= 11 is 0. The Morgan fingerprint density at radius 3 is 2.48 bits per heavy atom. The molecule has 2 aromatic rings. The minimum atomic E-state index is -1.44. The Morgan fingerprint density at radius 1 is 1.20 bits per heavy atom. The van der Waals surface area contributed by atoms with Crippen LogP contribution in [0.15, 0.2) is 36.4 Å². The van der Waals surface area contributed by atoms with Gasteiger partial charge in [0.05, 0.1) is 29.4 Å². The number of rotatable bonds is 6. The summed E-state index contributed by atoms with van der Waals surface area (Å²) < 4.78 is 25.7. The number of nitrogens with one attached hydrogen (secondary N) is 1. The Morgan fingerprint density at radius 2 is 1.88 bits per heavy atom. The molecule has 2 rings (SSSR count). The molecule has 0 bridgehead atoms. The molecule has 0 aromatic heterocycles. The molecule has 0 unspecified atom stereocenters. The molecule has 25 heavy (non-hydrogen) atoms. The van der Waals surface area contributed by atoms with E-state index >= 15 is 0 Å². The minimum absolute atomic E-state index is 0.245. The fourth-order valence-electron chi connectivity index (χ4n) is 2.46. The van der Waals surface area contributed by atoms with Gasteiger partial charge in [0.25, 0.3) is 0 Å². The minimum Gasteiger partial charge on any atom is -0.496 e. The molecule has 2 aromatic carbocycles. The van der Waals surface area contributed by atoms with Gasteiger partial charge in [0.1, 0.15) is 11.8 Å². The zero-order valence-electron chi connectivity index (χ0n) is 15.3. The summed E-state index contributed by atoms with van der Waals surface area (Å²) in [4.78, 5) is 12.5. The zero-order chi connectivity index (χ0) is 18.6. The van der Waals surface area contributed by atoms with Crippen molar-refractivity contribution < 1.29 is 18.5 Å². The highest BCUT2D eigenvalue weighted by Crippen LogP contribution is 2.34. The summed E-state index contributed by atoms with van der Waals surface area (Å²) in [5, 5.41) is 1.89. The Hall–Kier alpha value is -1.92. The van der Waals surface area contributed by atoms with Crippen LogP contribution in [0.2, 0.25) is 0 Å². The molecule has 0 radical (unpaired) electrons. The first kappa shape index (κ1) is 19.4. The number of hydrogen-bond acceptors (Lipinski definition) is 4. The number of benzene rings is 2. The summed E-state index contributed by atoms with van der Waals surface area (Å²) in [6, 6.07) is 10.6. The first-order valence-corrected chi connectivity index (χ1v) is 9.35. The maximum absolute atomic E-state index is 12.6. The van der Waals surface area contributed by atoms with Crippen LogP contribution in [0.4, 0.5) is 0 Å². The highest BCUT2D eigenvalue weighted by atomic mass is 32.2. The highest BCUT2D eigenvalue weighted by molar-refractivity contribution is 7.84. The molecule has 0 fully saturated rings. The van der Waals surface area contributed by atoms with Crippen molar-refractivity contribution in [2.45, 2.75) is 38.5 Å². The van der Waals surface area contributed by atoms with Crippen molar-refractivity contribution in [1.82, 2.24) is 4.72 Å². The predicted molar refractivity (Wildman–Crippen MR) is 101 cm³/mol. The lowest BCUT2D eigenvalue weighted by Crippen LogP contribution is -2.39. The quantitative estimate of drug-likeness (QED) is 0.798. The van der Waals surface area contributed by atoms with E-state index in [1.54, 1.807) is 14.0 Å². The van der Waals surface area contributed by atoms with E-state index in [2.05, 4.69) is 4.72 Å². The second-order valence-corrected chi connectivity index (χ2v) is 8.59. The Balaban J connectivity index is 2.55. The fourth-order valence-corrected chi connectivity index (χ4v) is 3.25. The molecule has 2 atom stereocenters. The first-order valence-electron chi connectivity index (χ1n) is 8.20. The van der Waals surface area contributed by atoms with E-state index in [1.165, 1.54) is 0 Å². The number of methoxy groups -OCH3 is 1. The van der Waals surface area contributed by atoms with Crippen molar-refractivity contribution in [2.75, 3.05) is 13.7 Å². The molecular weight excluding hydrogens is 338 g/mol. The normalized spacial score (nSPS) is 14.1. The predicted octanol–water partition coefficient (Wildman–Crippen LogP) is 3.50. The molecule has 0 saturated carbocycles. The summed E-state index contributed by atoms with van der Waals surface area (Å²) in [5.74, 6) is 0.100. The summed E-state index contributed by atoms with van der Waals surface area (Å²) in [7, 11) is 0.121.